The van der Waals surface area contributed by atoms with E-state index in [0.29, 0.717) is 25.5 Å². The molecule has 7 heteroatoms. The molecule has 7 nitrogen and oxygen atoms in total. The second-order valence-electron chi connectivity index (χ2n) is 4.14. The van der Waals surface area contributed by atoms with Crippen molar-refractivity contribution in [2.75, 3.05) is 19.8 Å². The summed E-state index contributed by atoms with van der Waals surface area (Å²) in [6.07, 6.45) is 1.41. The number of pyridine rings is 1. The Morgan fingerprint density at radius 2 is 2.42 bits per heavy atom. The minimum Gasteiger partial charge on any atom is -0.478 e. The van der Waals surface area contributed by atoms with E-state index >= 15 is 0 Å². The quantitative estimate of drug-likeness (QED) is 0.671. The monoisotopic (exact) mass is 265 g/mol. The fourth-order valence-electron chi connectivity index (χ4n) is 1.74. The number of carbonyl (C=O) groups excluding carboxylic acids is 1. The first-order chi connectivity index (χ1) is 9.16. The number of aromatic carboxylic acids is 1. The summed E-state index contributed by atoms with van der Waals surface area (Å²) < 4.78 is 5.19. The first-order valence-electron chi connectivity index (χ1n) is 5.94. The van der Waals surface area contributed by atoms with Crippen molar-refractivity contribution in [3.8, 4) is 0 Å². The molecule has 1 saturated heterocycles. The summed E-state index contributed by atoms with van der Waals surface area (Å²) >= 11 is 0. The molecule has 0 radical (unpaired) electrons. The van der Waals surface area contributed by atoms with Gasteiger partial charge >= 0.3 is 5.97 Å². The Balaban J connectivity index is 1.89. The van der Waals surface area contributed by atoms with Crippen LogP contribution in [0.2, 0.25) is 0 Å². The normalized spacial score (nSPS) is 18.8. The van der Waals surface area contributed by atoms with Crippen molar-refractivity contribution in [3.05, 3.63) is 29.6 Å². The van der Waals surface area contributed by atoms with Crippen molar-refractivity contribution < 1.29 is 19.4 Å². The van der Waals surface area contributed by atoms with E-state index in [1.807, 2.05) is 0 Å². The van der Waals surface area contributed by atoms with Gasteiger partial charge in [-0.25, -0.2) is 4.79 Å². The first kappa shape index (κ1) is 13.4. The summed E-state index contributed by atoms with van der Waals surface area (Å²) in [6.45, 7) is 1.78. The highest BCUT2D eigenvalue weighted by Gasteiger charge is 2.20. The van der Waals surface area contributed by atoms with E-state index in [0.717, 1.165) is 0 Å². The van der Waals surface area contributed by atoms with Crippen LogP contribution in [0.5, 0.6) is 0 Å². The Bertz CT molecular complexity index is 472. The molecule has 1 atom stereocenters. The van der Waals surface area contributed by atoms with Gasteiger partial charge in [0.05, 0.1) is 31.0 Å². The number of aromatic nitrogens is 1. The lowest BCUT2D eigenvalue weighted by atomic mass is 10.2. The third-order valence-corrected chi connectivity index (χ3v) is 2.75. The number of ether oxygens (including phenoxy) is 1. The van der Waals surface area contributed by atoms with Crippen LogP contribution in [0.1, 0.15) is 16.1 Å². The SMILES string of the molecule is O=C(O)c1ccnc(CNC(=O)C2COCCN2)c1. The molecule has 1 aliphatic rings. The van der Waals surface area contributed by atoms with Gasteiger partial charge in [0, 0.05) is 12.7 Å². The number of morpholine rings is 1. The third kappa shape index (κ3) is 3.73. The maximum absolute atomic E-state index is 11.8. The van der Waals surface area contributed by atoms with E-state index in [2.05, 4.69) is 15.6 Å². The Morgan fingerprint density at radius 3 is 3.11 bits per heavy atom. The van der Waals surface area contributed by atoms with E-state index in [9.17, 15) is 9.59 Å². The molecule has 1 aromatic heterocycles. The van der Waals surface area contributed by atoms with Crippen molar-refractivity contribution >= 4 is 11.9 Å². The lowest BCUT2D eigenvalue weighted by molar-refractivity contribution is -0.126. The Kier molecular flexibility index (Phi) is 4.43. The molecule has 0 saturated carbocycles. The standard InChI is InChI=1S/C12H15N3O4/c16-11(10-7-19-4-3-14-10)15-6-9-5-8(12(17)18)1-2-13-9/h1-2,5,10,14H,3-4,6-7H2,(H,15,16)(H,17,18). The van der Waals surface area contributed by atoms with E-state index in [1.165, 1.54) is 18.3 Å². The van der Waals surface area contributed by atoms with Crippen LogP contribution in [0, 0.1) is 0 Å². The summed E-state index contributed by atoms with van der Waals surface area (Å²) in [7, 11) is 0. The number of hydrogen-bond donors (Lipinski definition) is 3. The average molecular weight is 265 g/mol. The van der Waals surface area contributed by atoms with Crippen LogP contribution in [-0.2, 0) is 16.1 Å². The maximum Gasteiger partial charge on any atom is 0.335 e. The molecule has 102 valence electrons. The lowest BCUT2D eigenvalue weighted by Gasteiger charge is -2.22. The van der Waals surface area contributed by atoms with Gasteiger partial charge in [-0.05, 0) is 12.1 Å². The predicted molar refractivity (Wildman–Crippen MR) is 65.7 cm³/mol. The van der Waals surface area contributed by atoms with Crippen LogP contribution in [0.25, 0.3) is 0 Å². The van der Waals surface area contributed by atoms with Crippen molar-refractivity contribution in [2.24, 2.45) is 0 Å². The molecular formula is C12H15N3O4. The Hall–Kier alpha value is -1.99. The molecule has 0 bridgehead atoms. The second-order valence-corrected chi connectivity index (χ2v) is 4.14. The molecule has 0 spiro atoms. The van der Waals surface area contributed by atoms with Gasteiger partial charge in [0.2, 0.25) is 5.91 Å². The second kappa shape index (κ2) is 6.26. The molecule has 19 heavy (non-hydrogen) atoms. The first-order valence-corrected chi connectivity index (χ1v) is 5.94. The van der Waals surface area contributed by atoms with Gasteiger partial charge in [-0.15, -0.1) is 0 Å². The van der Waals surface area contributed by atoms with Gasteiger partial charge in [-0.3, -0.25) is 9.78 Å². The maximum atomic E-state index is 11.8. The fourth-order valence-corrected chi connectivity index (χ4v) is 1.74. The van der Waals surface area contributed by atoms with Crippen LogP contribution in [0.4, 0.5) is 0 Å². The molecule has 1 unspecified atom stereocenters. The molecule has 2 heterocycles. The highest BCUT2D eigenvalue weighted by Crippen LogP contribution is 2.02. The fraction of sp³-hybridized carbons (Fsp3) is 0.417. The zero-order chi connectivity index (χ0) is 13.7. The minimum absolute atomic E-state index is 0.151. The summed E-state index contributed by atoms with van der Waals surface area (Å²) in [5, 5.41) is 14.6. The van der Waals surface area contributed by atoms with E-state index in [-0.39, 0.29) is 24.1 Å². The number of nitrogens with one attached hydrogen (secondary N) is 2. The Morgan fingerprint density at radius 1 is 1.58 bits per heavy atom. The molecule has 2 rings (SSSR count). The van der Waals surface area contributed by atoms with Crippen molar-refractivity contribution in [3.63, 3.8) is 0 Å². The predicted octanol–water partition coefficient (Wildman–Crippen LogP) is -0.616. The van der Waals surface area contributed by atoms with Crippen LogP contribution in [0.3, 0.4) is 0 Å². The third-order valence-electron chi connectivity index (χ3n) is 2.75. The van der Waals surface area contributed by atoms with Gasteiger partial charge in [-0.2, -0.15) is 0 Å². The molecule has 1 amide bonds. The van der Waals surface area contributed by atoms with E-state index in [1.54, 1.807) is 0 Å². The lowest BCUT2D eigenvalue weighted by Crippen LogP contribution is -2.51. The van der Waals surface area contributed by atoms with E-state index in [4.69, 9.17) is 9.84 Å². The molecule has 1 fully saturated rings. The summed E-state index contributed by atoms with van der Waals surface area (Å²) in [6, 6.07) is 2.48. The molecular weight excluding hydrogens is 250 g/mol. The van der Waals surface area contributed by atoms with Crippen LogP contribution < -0.4 is 10.6 Å². The smallest absolute Gasteiger partial charge is 0.335 e. The van der Waals surface area contributed by atoms with Crippen molar-refractivity contribution in [1.82, 2.24) is 15.6 Å². The number of carbonyl (C=O) groups is 2. The number of amides is 1. The van der Waals surface area contributed by atoms with Crippen LogP contribution in [0.15, 0.2) is 18.3 Å². The van der Waals surface area contributed by atoms with Gasteiger partial charge < -0.3 is 20.5 Å². The van der Waals surface area contributed by atoms with Gasteiger partial charge in [0.15, 0.2) is 0 Å². The molecule has 3 N–H and O–H groups in total. The zero-order valence-corrected chi connectivity index (χ0v) is 10.3. The summed E-state index contributed by atoms with van der Waals surface area (Å²) in [5.41, 5.74) is 0.656. The molecule has 1 aliphatic heterocycles. The van der Waals surface area contributed by atoms with E-state index < -0.39 is 5.97 Å². The summed E-state index contributed by atoms with van der Waals surface area (Å²) in [5.74, 6) is -1.19. The van der Waals surface area contributed by atoms with Gasteiger partial charge in [0.25, 0.3) is 0 Å². The summed E-state index contributed by atoms with van der Waals surface area (Å²) in [4.78, 5) is 26.6. The number of hydrogen-bond acceptors (Lipinski definition) is 5. The van der Waals surface area contributed by atoms with Crippen LogP contribution >= 0.6 is 0 Å². The highest BCUT2D eigenvalue weighted by molar-refractivity contribution is 5.87. The largest absolute Gasteiger partial charge is 0.478 e. The van der Waals surface area contributed by atoms with Crippen LogP contribution in [-0.4, -0.2) is 47.8 Å². The van der Waals surface area contributed by atoms with Gasteiger partial charge in [-0.1, -0.05) is 0 Å². The molecule has 1 aromatic rings. The number of nitrogens with zero attached hydrogens (tertiary/aromatic N) is 1. The number of carboxylic acid groups (broad SMARTS) is 1. The average Bonchev–Trinajstić information content (AvgIpc) is 2.46. The highest BCUT2D eigenvalue weighted by atomic mass is 16.5. The minimum atomic E-state index is -1.02. The topological polar surface area (TPSA) is 101 Å². The molecule has 0 aliphatic carbocycles. The number of rotatable bonds is 4. The number of carboxylic acids is 1. The Labute approximate surface area is 110 Å². The zero-order valence-electron chi connectivity index (χ0n) is 10.3. The van der Waals surface area contributed by atoms with Crippen molar-refractivity contribution in [1.29, 1.82) is 0 Å². The van der Waals surface area contributed by atoms with Crippen molar-refractivity contribution in [2.45, 2.75) is 12.6 Å². The van der Waals surface area contributed by atoms with Gasteiger partial charge in [0.1, 0.15) is 6.04 Å². The molecule has 0 aromatic carbocycles.